The number of hydrogen-bond donors (Lipinski definition) is 2. The first-order valence-electron chi connectivity index (χ1n) is 8.99. The Kier molecular flexibility index (Phi) is 5.33. The second-order valence-electron chi connectivity index (χ2n) is 7.03. The van der Waals surface area contributed by atoms with Gasteiger partial charge in [0.15, 0.2) is 5.69 Å². The van der Waals surface area contributed by atoms with E-state index in [4.69, 9.17) is 6.57 Å². The highest BCUT2D eigenvalue weighted by Gasteiger charge is 2.39. The highest BCUT2D eigenvalue weighted by atomic mass is 19.4. The molecule has 5 nitrogen and oxygen atoms in total. The minimum atomic E-state index is -4.68. The summed E-state index contributed by atoms with van der Waals surface area (Å²) >= 11 is 0. The van der Waals surface area contributed by atoms with Crippen molar-refractivity contribution in [1.82, 2.24) is 5.43 Å². The van der Waals surface area contributed by atoms with Gasteiger partial charge in [0.1, 0.15) is 5.54 Å². The zero-order valence-corrected chi connectivity index (χ0v) is 15.9. The van der Waals surface area contributed by atoms with Crippen molar-refractivity contribution >= 4 is 23.0 Å². The number of halogens is 3. The molecule has 2 aromatic carbocycles. The topological polar surface area (TPSA) is 57.9 Å². The first-order valence-corrected chi connectivity index (χ1v) is 8.99. The summed E-state index contributed by atoms with van der Waals surface area (Å²) in [4.78, 5) is 15.6. The quantitative estimate of drug-likeness (QED) is 0.717. The van der Waals surface area contributed by atoms with E-state index in [1.54, 1.807) is 6.92 Å². The summed E-state index contributed by atoms with van der Waals surface area (Å²) in [6.45, 7) is 10.6. The molecule has 1 heterocycles. The summed E-state index contributed by atoms with van der Waals surface area (Å²) < 4.78 is 39.4. The summed E-state index contributed by atoms with van der Waals surface area (Å²) in [5.74, 6) is -0.509. The molecule has 2 aromatic rings. The average Bonchev–Trinajstić information content (AvgIpc) is 3.11. The van der Waals surface area contributed by atoms with Gasteiger partial charge in [-0.1, -0.05) is 37.3 Å². The van der Waals surface area contributed by atoms with Crippen LogP contribution in [0, 0.1) is 6.57 Å². The van der Waals surface area contributed by atoms with Crippen molar-refractivity contribution in [1.29, 1.82) is 0 Å². The summed E-state index contributed by atoms with van der Waals surface area (Å²) in [5.41, 5.74) is 2.84. The molecule has 1 aliphatic heterocycles. The van der Waals surface area contributed by atoms with Gasteiger partial charge in [-0.05, 0) is 36.6 Å². The van der Waals surface area contributed by atoms with Crippen LogP contribution in [0.1, 0.15) is 37.0 Å². The van der Waals surface area contributed by atoms with E-state index in [-0.39, 0.29) is 12.1 Å². The van der Waals surface area contributed by atoms with Crippen LogP contribution >= 0.6 is 0 Å². The molecule has 0 spiro atoms. The predicted molar refractivity (Wildman–Crippen MR) is 105 cm³/mol. The third-order valence-corrected chi connectivity index (χ3v) is 4.84. The fourth-order valence-electron chi connectivity index (χ4n) is 3.04. The van der Waals surface area contributed by atoms with Crippen LogP contribution in [0.2, 0.25) is 0 Å². The van der Waals surface area contributed by atoms with Gasteiger partial charge < -0.3 is 5.32 Å². The first-order chi connectivity index (χ1) is 13.7. The summed E-state index contributed by atoms with van der Waals surface area (Å²) in [7, 11) is 0. The molecule has 150 valence electrons. The number of alkyl halides is 3. The number of hydrazone groups is 1. The lowest BCUT2D eigenvalue weighted by molar-refractivity contribution is -0.136. The van der Waals surface area contributed by atoms with Crippen LogP contribution in [0.25, 0.3) is 4.85 Å². The minimum Gasteiger partial charge on any atom is -0.324 e. The Morgan fingerprint density at radius 2 is 1.97 bits per heavy atom. The molecular formula is C21H19F3N4O. The van der Waals surface area contributed by atoms with Crippen LogP contribution in [-0.2, 0) is 17.4 Å². The van der Waals surface area contributed by atoms with Crippen LogP contribution < -0.4 is 10.7 Å². The van der Waals surface area contributed by atoms with Gasteiger partial charge in [-0.3, -0.25) is 10.2 Å². The molecule has 0 aliphatic carbocycles. The van der Waals surface area contributed by atoms with Gasteiger partial charge >= 0.3 is 6.18 Å². The molecule has 3 rings (SSSR count). The number of anilines is 1. The van der Waals surface area contributed by atoms with E-state index in [2.05, 4.69) is 27.6 Å². The van der Waals surface area contributed by atoms with Gasteiger partial charge in [-0.25, -0.2) is 4.85 Å². The standard InChI is InChI=1S/C21H19F3N4O/c1-4-13-5-7-14(8-6-13)18-12-20(2,28-27-18)19(29)26-15-9-10-17(25-3)16(11-15)21(22,23)24/h5-11,28H,4,12H2,1-2H3,(H,26,29). The molecule has 0 bridgehead atoms. The fourth-order valence-corrected chi connectivity index (χ4v) is 3.04. The van der Waals surface area contributed by atoms with Crippen molar-refractivity contribution < 1.29 is 18.0 Å². The number of carbonyl (C=O) groups excluding carboxylic acids is 1. The van der Waals surface area contributed by atoms with E-state index >= 15 is 0 Å². The van der Waals surface area contributed by atoms with Gasteiger partial charge in [-0.15, -0.1) is 0 Å². The molecule has 0 radical (unpaired) electrons. The smallest absolute Gasteiger partial charge is 0.324 e. The molecule has 0 saturated carbocycles. The molecule has 8 heteroatoms. The molecule has 0 fully saturated rings. The molecular weight excluding hydrogens is 381 g/mol. The number of nitrogens with zero attached hydrogens (tertiary/aromatic N) is 2. The number of carbonyl (C=O) groups is 1. The highest BCUT2D eigenvalue weighted by Crippen LogP contribution is 2.38. The SMILES string of the molecule is [C-]#[N+]c1ccc(NC(=O)C2(C)CC(c3ccc(CC)cc3)=NN2)cc1C(F)(F)F. The Bertz CT molecular complexity index is 1010. The normalized spacial score (nSPS) is 18.6. The first kappa shape index (κ1) is 20.4. The molecule has 0 aromatic heterocycles. The van der Waals surface area contributed by atoms with E-state index in [1.807, 2.05) is 24.3 Å². The third-order valence-electron chi connectivity index (χ3n) is 4.84. The summed E-state index contributed by atoms with van der Waals surface area (Å²) in [6, 6.07) is 11.0. The number of nitrogens with one attached hydrogen (secondary N) is 2. The van der Waals surface area contributed by atoms with E-state index in [9.17, 15) is 18.0 Å². The van der Waals surface area contributed by atoms with E-state index in [1.165, 1.54) is 11.6 Å². The van der Waals surface area contributed by atoms with Gasteiger partial charge in [-0.2, -0.15) is 18.3 Å². The Morgan fingerprint density at radius 3 is 2.55 bits per heavy atom. The molecule has 29 heavy (non-hydrogen) atoms. The van der Waals surface area contributed by atoms with Gasteiger partial charge in [0.2, 0.25) is 0 Å². The second kappa shape index (κ2) is 7.59. The number of aryl methyl sites for hydroxylation is 1. The van der Waals surface area contributed by atoms with E-state index < -0.39 is 28.9 Å². The Labute approximate surface area is 166 Å². The predicted octanol–water partition coefficient (Wildman–Crippen LogP) is 4.91. The zero-order valence-electron chi connectivity index (χ0n) is 15.9. The lowest BCUT2D eigenvalue weighted by Crippen LogP contribution is -2.47. The number of hydrogen-bond acceptors (Lipinski definition) is 3. The molecule has 1 unspecified atom stereocenters. The molecule has 0 saturated heterocycles. The maximum Gasteiger partial charge on any atom is 0.407 e. The van der Waals surface area contributed by atoms with E-state index in [0.29, 0.717) is 5.71 Å². The largest absolute Gasteiger partial charge is 0.407 e. The van der Waals surface area contributed by atoms with Crippen LogP contribution in [0.4, 0.5) is 24.5 Å². The van der Waals surface area contributed by atoms with Crippen LogP contribution in [0.15, 0.2) is 47.6 Å². The van der Waals surface area contributed by atoms with Crippen molar-refractivity contribution in [2.45, 2.75) is 38.4 Å². The minimum absolute atomic E-state index is 0.0292. The lowest BCUT2D eigenvalue weighted by Gasteiger charge is -2.23. The van der Waals surface area contributed by atoms with Gasteiger partial charge in [0.25, 0.3) is 5.91 Å². The fraction of sp³-hybridized carbons (Fsp3) is 0.286. The monoisotopic (exact) mass is 400 g/mol. The zero-order chi connectivity index (χ0) is 21.2. The summed E-state index contributed by atoms with van der Waals surface area (Å²) in [6.07, 6.45) is -3.48. The molecule has 1 aliphatic rings. The average molecular weight is 400 g/mol. The van der Waals surface area contributed by atoms with Crippen molar-refractivity contribution in [3.8, 4) is 0 Å². The van der Waals surface area contributed by atoms with Crippen molar-refractivity contribution in [3.05, 3.63) is 70.6 Å². The van der Waals surface area contributed by atoms with Crippen LogP contribution in [0.3, 0.4) is 0 Å². The second-order valence-corrected chi connectivity index (χ2v) is 7.03. The van der Waals surface area contributed by atoms with Crippen molar-refractivity contribution in [3.63, 3.8) is 0 Å². The number of benzene rings is 2. The molecule has 2 N–H and O–H groups in total. The Hall–Kier alpha value is -3.34. The molecule has 1 amide bonds. The van der Waals surface area contributed by atoms with Crippen molar-refractivity contribution in [2.24, 2.45) is 5.10 Å². The highest BCUT2D eigenvalue weighted by molar-refractivity contribution is 6.09. The number of rotatable bonds is 4. The Balaban J connectivity index is 1.75. The molecule has 1 atom stereocenters. The van der Waals surface area contributed by atoms with E-state index in [0.717, 1.165) is 24.1 Å². The van der Waals surface area contributed by atoms with Gasteiger partial charge in [0, 0.05) is 12.1 Å². The number of amides is 1. The Morgan fingerprint density at radius 1 is 1.28 bits per heavy atom. The van der Waals surface area contributed by atoms with Crippen LogP contribution in [0.5, 0.6) is 0 Å². The summed E-state index contributed by atoms with van der Waals surface area (Å²) in [5, 5.41) is 6.75. The third kappa shape index (κ3) is 4.24. The lowest BCUT2D eigenvalue weighted by atomic mass is 9.92. The van der Waals surface area contributed by atoms with Crippen molar-refractivity contribution in [2.75, 3.05) is 5.32 Å². The maximum absolute atomic E-state index is 13.1. The van der Waals surface area contributed by atoms with Crippen LogP contribution in [-0.4, -0.2) is 17.2 Å². The van der Waals surface area contributed by atoms with Gasteiger partial charge in [0.05, 0.1) is 17.8 Å². The maximum atomic E-state index is 13.1.